The fraction of sp³-hybridized carbons (Fsp3) is 0.0870. The highest BCUT2D eigenvalue weighted by Crippen LogP contribution is 2.27. The molecule has 3 aromatic carbocycles. The minimum atomic E-state index is 0.640. The lowest BCUT2D eigenvalue weighted by atomic mass is 10.1. The van der Waals surface area contributed by atoms with Crippen molar-refractivity contribution < 1.29 is 9.15 Å². The molecule has 0 aliphatic carbocycles. The summed E-state index contributed by atoms with van der Waals surface area (Å²) in [5.74, 6) is 1.52. The molecule has 0 unspecified atom stereocenters. The topological polar surface area (TPSA) is 34.7 Å². The minimum absolute atomic E-state index is 0.640. The zero-order valence-electron chi connectivity index (χ0n) is 15.4. The van der Waals surface area contributed by atoms with Crippen molar-refractivity contribution in [1.82, 2.24) is 0 Å². The molecule has 28 heavy (non-hydrogen) atoms. The zero-order chi connectivity index (χ0) is 19.7. The lowest BCUT2D eigenvalue weighted by molar-refractivity contribution is 0.415. The lowest BCUT2D eigenvalue weighted by Gasteiger charge is -2.07. The molecular formula is C23H17BrClNO2. The van der Waals surface area contributed by atoms with Crippen molar-refractivity contribution in [3.63, 3.8) is 0 Å². The van der Waals surface area contributed by atoms with Gasteiger partial charge in [0.05, 0.1) is 18.2 Å². The van der Waals surface area contributed by atoms with E-state index in [2.05, 4.69) is 15.9 Å². The number of aryl methyl sites for hydroxylation is 1. The summed E-state index contributed by atoms with van der Waals surface area (Å²) >= 11 is 9.80. The van der Waals surface area contributed by atoms with Crippen molar-refractivity contribution >= 4 is 44.2 Å². The Kier molecular flexibility index (Phi) is 5.25. The highest BCUT2D eigenvalue weighted by molar-refractivity contribution is 9.10. The Morgan fingerprint density at radius 1 is 0.964 bits per heavy atom. The molecule has 0 aliphatic rings. The first kappa shape index (κ1) is 18.8. The maximum atomic E-state index is 6.23. The van der Waals surface area contributed by atoms with Gasteiger partial charge in [-0.15, -0.1) is 0 Å². The average molecular weight is 455 g/mol. The third-order valence-electron chi connectivity index (χ3n) is 4.48. The quantitative estimate of drug-likeness (QED) is 0.332. The minimum Gasteiger partial charge on any atom is -0.497 e. The van der Waals surface area contributed by atoms with E-state index in [1.807, 2.05) is 73.7 Å². The van der Waals surface area contributed by atoms with Crippen molar-refractivity contribution in [2.75, 3.05) is 7.11 Å². The van der Waals surface area contributed by atoms with Gasteiger partial charge in [-0.2, -0.15) is 0 Å². The number of benzene rings is 3. The predicted octanol–water partition coefficient (Wildman–Crippen LogP) is 7.07. The number of ether oxygens (including phenoxy) is 1. The Morgan fingerprint density at radius 3 is 2.46 bits per heavy atom. The van der Waals surface area contributed by atoms with Crippen LogP contribution in [-0.2, 0) is 0 Å². The van der Waals surface area contributed by atoms with Gasteiger partial charge in [0.15, 0.2) is 0 Å². The summed E-state index contributed by atoms with van der Waals surface area (Å²) in [5.41, 5.74) is 3.68. The third-order valence-corrected chi connectivity index (χ3v) is 5.57. The maximum absolute atomic E-state index is 6.23. The maximum Gasteiger partial charge on any atom is 0.136 e. The molecule has 0 radical (unpaired) electrons. The SMILES string of the molecule is COc1ccc(-c2cc(=Nc3ccc(C)c(Br)c3)c3cc(Cl)ccc3o2)cc1. The van der Waals surface area contributed by atoms with Gasteiger partial charge in [0.2, 0.25) is 0 Å². The Balaban J connectivity index is 1.95. The number of hydrogen-bond acceptors (Lipinski definition) is 3. The molecule has 0 N–H and O–H groups in total. The van der Waals surface area contributed by atoms with Crippen molar-refractivity contribution in [2.45, 2.75) is 6.92 Å². The normalized spacial score (nSPS) is 11.8. The second-order valence-electron chi connectivity index (χ2n) is 6.41. The van der Waals surface area contributed by atoms with Gasteiger partial charge in [0.25, 0.3) is 0 Å². The Hall–Kier alpha value is -2.56. The Morgan fingerprint density at radius 2 is 1.75 bits per heavy atom. The number of methoxy groups -OCH3 is 1. The van der Waals surface area contributed by atoms with Gasteiger partial charge in [0.1, 0.15) is 17.1 Å². The fourth-order valence-corrected chi connectivity index (χ4v) is 3.46. The zero-order valence-corrected chi connectivity index (χ0v) is 17.7. The van der Waals surface area contributed by atoms with E-state index >= 15 is 0 Å². The van der Waals surface area contributed by atoms with Gasteiger partial charge in [-0.1, -0.05) is 33.6 Å². The molecule has 0 saturated heterocycles. The smallest absolute Gasteiger partial charge is 0.136 e. The molecule has 0 spiro atoms. The molecule has 0 amide bonds. The van der Waals surface area contributed by atoms with Gasteiger partial charge in [0, 0.05) is 26.5 Å². The first-order valence-electron chi connectivity index (χ1n) is 8.72. The van der Waals surface area contributed by atoms with Gasteiger partial charge in [-0.05, 0) is 67.1 Å². The molecule has 4 aromatic rings. The average Bonchev–Trinajstić information content (AvgIpc) is 2.71. The van der Waals surface area contributed by atoms with E-state index in [9.17, 15) is 0 Å². The van der Waals surface area contributed by atoms with E-state index < -0.39 is 0 Å². The first-order valence-corrected chi connectivity index (χ1v) is 9.89. The lowest BCUT2D eigenvalue weighted by Crippen LogP contribution is -2.03. The molecule has 5 heteroatoms. The molecule has 3 nitrogen and oxygen atoms in total. The van der Waals surface area contributed by atoms with Crippen LogP contribution in [0.5, 0.6) is 5.75 Å². The molecule has 140 valence electrons. The van der Waals surface area contributed by atoms with Crippen molar-refractivity contribution in [3.8, 4) is 17.1 Å². The number of nitrogens with zero attached hydrogens (tertiary/aromatic N) is 1. The van der Waals surface area contributed by atoms with Crippen LogP contribution >= 0.6 is 27.5 Å². The molecule has 0 saturated carbocycles. The summed E-state index contributed by atoms with van der Waals surface area (Å²) < 4.78 is 12.4. The summed E-state index contributed by atoms with van der Waals surface area (Å²) in [5, 5.41) is 2.30. The standard InChI is InChI=1S/C23H17BrClNO2/c1-14-3-7-17(12-20(14)24)26-21-13-23(15-4-8-18(27-2)9-5-15)28-22-10-6-16(25)11-19(21)22/h3-13H,1-2H3. The molecule has 1 heterocycles. The molecule has 1 aromatic heterocycles. The van der Waals surface area contributed by atoms with Crippen LogP contribution in [0.4, 0.5) is 5.69 Å². The first-order chi connectivity index (χ1) is 13.5. The van der Waals surface area contributed by atoms with Gasteiger partial charge < -0.3 is 9.15 Å². The second-order valence-corrected chi connectivity index (χ2v) is 7.70. The molecule has 0 bridgehead atoms. The molecule has 4 rings (SSSR count). The summed E-state index contributed by atoms with van der Waals surface area (Å²) in [7, 11) is 1.65. The van der Waals surface area contributed by atoms with Gasteiger partial charge in [-0.25, -0.2) is 4.99 Å². The summed E-state index contributed by atoms with van der Waals surface area (Å²) in [4.78, 5) is 4.86. The predicted molar refractivity (Wildman–Crippen MR) is 117 cm³/mol. The Labute approximate surface area is 176 Å². The van der Waals surface area contributed by atoms with Crippen molar-refractivity contribution in [3.05, 3.63) is 87.1 Å². The van der Waals surface area contributed by atoms with Crippen LogP contribution in [-0.4, -0.2) is 7.11 Å². The van der Waals surface area contributed by atoms with E-state index in [0.717, 1.165) is 49.1 Å². The number of hydrogen-bond donors (Lipinski definition) is 0. The molecule has 0 fully saturated rings. The number of rotatable bonds is 3. The van der Waals surface area contributed by atoms with Gasteiger partial charge in [-0.3, -0.25) is 0 Å². The van der Waals surface area contributed by atoms with Crippen LogP contribution in [0.15, 0.2) is 80.6 Å². The molecule has 0 aliphatic heterocycles. The van der Waals surface area contributed by atoms with Crippen molar-refractivity contribution in [2.24, 2.45) is 4.99 Å². The highest BCUT2D eigenvalue weighted by atomic mass is 79.9. The second kappa shape index (κ2) is 7.82. The van der Waals surface area contributed by atoms with Crippen LogP contribution in [0, 0.1) is 6.92 Å². The number of halogens is 2. The molecule has 0 atom stereocenters. The fourth-order valence-electron chi connectivity index (χ4n) is 2.92. The van der Waals surface area contributed by atoms with E-state index in [-0.39, 0.29) is 0 Å². The summed E-state index contributed by atoms with van der Waals surface area (Å²) in [6.45, 7) is 2.05. The van der Waals surface area contributed by atoms with Crippen LogP contribution in [0.2, 0.25) is 5.02 Å². The highest BCUT2D eigenvalue weighted by Gasteiger charge is 2.08. The van der Waals surface area contributed by atoms with Crippen LogP contribution in [0.3, 0.4) is 0 Å². The molecular weight excluding hydrogens is 438 g/mol. The van der Waals surface area contributed by atoms with Crippen LogP contribution < -0.4 is 10.1 Å². The van der Waals surface area contributed by atoms with Crippen molar-refractivity contribution in [1.29, 1.82) is 0 Å². The third kappa shape index (κ3) is 3.84. The number of fused-ring (bicyclic) bond motifs is 1. The summed E-state index contributed by atoms with van der Waals surface area (Å²) in [6, 6.07) is 21.3. The van der Waals surface area contributed by atoms with E-state index in [4.69, 9.17) is 25.7 Å². The van der Waals surface area contributed by atoms with Gasteiger partial charge >= 0.3 is 0 Å². The van der Waals surface area contributed by atoms with E-state index in [1.54, 1.807) is 7.11 Å². The largest absolute Gasteiger partial charge is 0.497 e. The Bertz CT molecular complexity index is 1230. The van der Waals surface area contributed by atoms with E-state index in [1.165, 1.54) is 0 Å². The van der Waals surface area contributed by atoms with Crippen LogP contribution in [0.1, 0.15) is 5.56 Å². The van der Waals surface area contributed by atoms with Crippen LogP contribution in [0.25, 0.3) is 22.3 Å². The monoisotopic (exact) mass is 453 g/mol. The van der Waals surface area contributed by atoms with E-state index in [0.29, 0.717) is 5.02 Å². The summed E-state index contributed by atoms with van der Waals surface area (Å²) in [6.07, 6.45) is 0.